The van der Waals surface area contributed by atoms with Crippen LogP contribution in [0.25, 0.3) is 0 Å². The van der Waals surface area contributed by atoms with Gasteiger partial charge in [0.1, 0.15) is 11.4 Å². The number of benzene rings is 1. The number of carboxylic acid groups (broad SMARTS) is 1. The van der Waals surface area contributed by atoms with Crippen LogP contribution in [0.2, 0.25) is 0 Å². The second kappa shape index (κ2) is 5.19. The maximum Gasteiger partial charge on any atom is 0.328 e. The summed E-state index contributed by atoms with van der Waals surface area (Å²) >= 11 is 0. The summed E-state index contributed by atoms with van der Waals surface area (Å²) in [6.07, 6.45) is 0. The summed E-state index contributed by atoms with van der Waals surface area (Å²) in [7, 11) is 0. The number of hydrogen-bond acceptors (Lipinski definition) is 4. The Morgan fingerprint density at radius 2 is 1.85 bits per heavy atom. The number of carbonyl (C=O) groups is 2. The molecule has 0 radical (unpaired) electrons. The van der Waals surface area contributed by atoms with Crippen molar-refractivity contribution in [1.29, 1.82) is 0 Å². The van der Waals surface area contributed by atoms with Crippen LogP contribution in [0.3, 0.4) is 0 Å². The monoisotopic (exact) mass is 288 g/mol. The third-order valence-electron chi connectivity index (χ3n) is 2.44. The van der Waals surface area contributed by atoms with Gasteiger partial charge in [-0.05, 0) is 13.8 Å². The molecule has 0 aliphatic carbocycles. The van der Waals surface area contributed by atoms with E-state index in [-0.39, 0.29) is 6.07 Å². The van der Waals surface area contributed by atoms with Gasteiger partial charge in [-0.1, -0.05) is 0 Å². The Morgan fingerprint density at radius 1 is 1.30 bits per heavy atom. The average Bonchev–Trinajstić information content (AvgIpc) is 2.27. The Balaban J connectivity index is 3.20. The van der Waals surface area contributed by atoms with E-state index >= 15 is 0 Å². The molecule has 0 aromatic heterocycles. The summed E-state index contributed by atoms with van der Waals surface area (Å²) < 4.78 is 26.6. The molecular weight excluding hydrogens is 278 g/mol. The molecule has 20 heavy (non-hydrogen) atoms. The fourth-order valence-electron chi connectivity index (χ4n) is 1.26. The second-order valence-electron chi connectivity index (χ2n) is 4.42. The van der Waals surface area contributed by atoms with Crippen LogP contribution in [0.5, 0.6) is 0 Å². The summed E-state index contributed by atoms with van der Waals surface area (Å²) in [6, 6.07) is 0.610. The van der Waals surface area contributed by atoms with E-state index in [1.54, 1.807) is 0 Å². The molecule has 1 aromatic rings. The van der Waals surface area contributed by atoms with E-state index in [4.69, 9.17) is 5.11 Å². The molecule has 0 spiro atoms. The average molecular weight is 288 g/mol. The number of amides is 1. The van der Waals surface area contributed by atoms with Crippen LogP contribution >= 0.6 is 0 Å². The van der Waals surface area contributed by atoms with Crippen LogP contribution in [0.4, 0.5) is 14.5 Å². The van der Waals surface area contributed by atoms with E-state index in [1.807, 2.05) is 5.32 Å². The molecule has 9 heteroatoms. The number of nitrogens with one attached hydrogen (secondary N) is 1. The minimum atomic E-state index is -1.72. The Kier molecular flexibility index (Phi) is 4.02. The van der Waals surface area contributed by atoms with Crippen molar-refractivity contribution in [3.8, 4) is 0 Å². The standard InChI is InChI=1S/C11H10F2N2O5/c1-11(2,10(17)18)14-9(16)5-3-8(15(19)20)7(13)4-6(5)12/h3-4H,1-2H3,(H,14,16)(H,17,18). The number of nitro groups is 1. The minimum Gasteiger partial charge on any atom is -0.480 e. The van der Waals surface area contributed by atoms with Gasteiger partial charge < -0.3 is 10.4 Å². The Labute approximate surface area is 111 Å². The van der Waals surface area contributed by atoms with Gasteiger partial charge in [0.15, 0.2) is 0 Å². The molecule has 0 bridgehead atoms. The molecule has 1 amide bonds. The van der Waals surface area contributed by atoms with Crippen molar-refractivity contribution < 1.29 is 28.4 Å². The van der Waals surface area contributed by atoms with E-state index < -0.39 is 45.2 Å². The van der Waals surface area contributed by atoms with Crippen LogP contribution in [0, 0.1) is 21.7 Å². The first-order valence-corrected chi connectivity index (χ1v) is 5.25. The van der Waals surface area contributed by atoms with Gasteiger partial charge in [0, 0.05) is 12.1 Å². The molecule has 0 aliphatic rings. The molecule has 7 nitrogen and oxygen atoms in total. The molecule has 108 valence electrons. The summed E-state index contributed by atoms with van der Waals surface area (Å²) in [5, 5.41) is 21.3. The number of carbonyl (C=O) groups excluding carboxylic acids is 1. The first-order valence-electron chi connectivity index (χ1n) is 5.25. The number of aliphatic carboxylic acids is 1. The van der Waals surface area contributed by atoms with Crippen LogP contribution < -0.4 is 5.32 Å². The molecule has 0 aliphatic heterocycles. The van der Waals surface area contributed by atoms with E-state index in [9.17, 15) is 28.5 Å². The van der Waals surface area contributed by atoms with E-state index in [1.165, 1.54) is 0 Å². The molecule has 2 N–H and O–H groups in total. The van der Waals surface area contributed by atoms with Gasteiger partial charge in [0.25, 0.3) is 5.91 Å². The predicted molar refractivity (Wildman–Crippen MR) is 62.2 cm³/mol. The second-order valence-corrected chi connectivity index (χ2v) is 4.42. The van der Waals surface area contributed by atoms with Gasteiger partial charge in [-0.15, -0.1) is 0 Å². The number of rotatable bonds is 4. The van der Waals surface area contributed by atoms with Crippen molar-refractivity contribution in [3.63, 3.8) is 0 Å². The maximum absolute atomic E-state index is 13.4. The normalized spacial score (nSPS) is 11.0. The number of carboxylic acids is 1. The SMILES string of the molecule is CC(C)(NC(=O)c1cc([N+](=O)[O-])c(F)cc1F)C(=O)O. The lowest BCUT2D eigenvalue weighted by Crippen LogP contribution is -2.49. The van der Waals surface area contributed by atoms with E-state index in [0.29, 0.717) is 6.07 Å². The number of hydrogen-bond donors (Lipinski definition) is 2. The van der Waals surface area contributed by atoms with E-state index in [2.05, 4.69) is 0 Å². The van der Waals surface area contributed by atoms with Crippen LogP contribution in [-0.2, 0) is 4.79 Å². The molecule has 1 aromatic carbocycles. The molecular formula is C11H10F2N2O5. The smallest absolute Gasteiger partial charge is 0.328 e. The zero-order valence-electron chi connectivity index (χ0n) is 10.4. The minimum absolute atomic E-state index is 0.195. The van der Waals surface area contributed by atoms with Crippen molar-refractivity contribution >= 4 is 17.6 Å². The Morgan fingerprint density at radius 3 is 2.30 bits per heavy atom. The van der Waals surface area contributed by atoms with Crippen LogP contribution in [0.1, 0.15) is 24.2 Å². The van der Waals surface area contributed by atoms with Crippen molar-refractivity contribution in [2.45, 2.75) is 19.4 Å². The predicted octanol–water partition coefficient (Wildman–Crippen LogP) is 1.47. The van der Waals surface area contributed by atoms with Gasteiger partial charge in [-0.3, -0.25) is 14.9 Å². The molecule has 0 saturated carbocycles. The molecule has 0 heterocycles. The van der Waals surface area contributed by atoms with Crippen molar-refractivity contribution in [2.75, 3.05) is 0 Å². The van der Waals surface area contributed by atoms with Gasteiger partial charge in [0.05, 0.1) is 10.5 Å². The number of halogens is 2. The van der Waals surface area contributed by atoms with Crippen molar-refractivity contribution in [3.05, 3.63) is 39.4 Å². The highest BCUT2D eigenvalue weighted by molar-refractivity contribution is 5.98. The van der Waals surface area contributed by atoms with Gasteiger partial charge >= 0.3 is 11.7 Å². The first kappa shape index (κ1) is 15.5. The zero-order valence-corrected chi connectivity index (χ0v) is 10.4. The summed E-state index contributed by atoms with van der Waals surface area (Å²) in [5.41, 5.74) is -3.61. The third-order valence-corrected chi connectivity index (χ3v) is 2.44. The third kappa shape index (κ3) is 3.05. The number of nitrogens with zero attached hydrogens (tertiary/aromatic N) is 1. The van der Waals surface area contributed by atoms with Crippen molar-refractivity contribution in [1.82, 2.24) is 5.32 Å². The van der Waals surface area contributed by atoms with Gasteiger partial charge in [-0.2, -0.15) is 4.39 Å². The molecule has 0 unspecified atom stereocenters. The lowest BCUT2D eigenvalue weighted by molar-refractivity contribution is -0.387. The highest BCUT2D eigenvalue weighted by Crippen LogP contribution is 2.22. The molecule has 0 fully saturated rings. The highest BCUT2D eigenvalue weighted by Gasteiger charge is 2.31. The Hall–Kier alpha value is -2.58. The molecule has 0 atom stereocenters. The molecule has 0 saturated heterocycles. The van der Waals surface area contributed by atoms with Gasteiger partial charge in [0.2, 0.25) is 5.82 Å². The maximum atomic E-state index is 13.4. The van der Waals surface area contributed by atoms with Gasteiger partial charge in [-0.25, -0.2) is 9.18 Å². The summed E-state index contributed by atoms with van der Waals surface area (Å²) in [5.74, 6) is -5.34. The first-order chi connectivity index (χ1) is 9.06. The fraction of sp³-hybridized carbons (Fsp3) is 0.273. The lowest BCUT2D eigenvalue weighted by atomic mass is 10.0. The number of nitro benzene ring substituents is 1. The quantitative estimate of drug-likeness (QED) is 0.644. The fourth-order valence-corrected chi connectivity index (χ4v) is 1.26. The summed E-state index contributed by atoms with van der Waals surface area (Å²) in [4.78, 5) is 31.9. The lowest BCUT2D eigenvalue weighted by Gasteiger charge is -2.21. The molecule has 1 rings (SSSR count). The largest absolute Gasteiger partial charge is 0.480 e. The summed E-state index contributed by atoms with van der Waals surface area (Å²) in [6.45, 7) is 2.28. The highest BCUT2D eigenvalue weighted by atomic mass is 19.1. The topological polar surface area (TPSA) is 110 Å². The van der Waals surface area contributed by atoms with Crippen LogP contribution in [0.15, 0.2) is 12.1 Å². The van der Waals surface area contributed by atoms with E-state index in [0.717, 1.165) is 13.8 Å². The van der Waals surface area contributed by atoms with Crippen molar-refractivity contribution in [2.24, 2.45) is 0 Å². The Bertz CT molecular complexity index is 601. The zero-order chi connectivity index (χ0) is 15.7. The van der Waals surface area contributed by atoms with Crippen LogP contribution in [-0.4, -0.2) is 27.4 Å².